The molecule has 4 nitrogen and oxygen atoms in total. The van der Waals surface area contributed by atoms with Gasteiger partial charge in [0.1, 0.15) is 0 Å². The van der Waals surface area contributed by atoms with E-state index in [1.54, 1.807) is 11.0 Å². The number of amides is 2. The highest BCUT2D eigenvalue weighted by atomic mass is 79.9. The SMILES string of the molecule is CC(=O)N1c2cc(Br)ccc2NC(=O)CC1C. The van der Waals surface area contributed by atoms with Gasteiger partial charge in [0.2, 0.25) is 11.8 Å². The van der Waals surface area contributed by atoms with E-state index in [0.29, 0.717) is 12.1 Å². The van der Waals surface area contributed by atoms with Crippen LogP contribution in [0.25, 0.3) is 0 Å². The van der Waals surface area contributed by atoms with E-state index in [-0.39, 0.29) is 17.9 Å². The average Bonchev–Trinajstić information content (AvgIpc) is 2.32. The maximum Gasteiger partial charge on any atom is 0.226 e. The second-order valence-corrected chi connectivity index (χ2v) is 5.07. The van der Waals surface area contributed by atoms with E-state index >= 15 is 0 Å². The van der Waals surface area contributed by atoms with Crippen molar-refractivity contribution in [3.05, 3.63) is 22.7 Å². The van der Waals surface area contributed by atoms with E-state index in [9.17, 15) is 9.59 Å². The quantitative estimate of drug-likeness (QED) is 0.800. The number of rotatable bonds is 0. The summed E-state index contributed by atoms with van der Waals surface area (Å²) in [6.07, 6.45) is 0.311. The van der Waals surface area contributed by atoms with E-state index in [2.05, 4.69) is 21.2 Å². The third-order valence-electron chi connectivity index (χ3n) is 2.75. The summed E-state index contributed by atoms with van der Waals surface area (Å²) < 4.78 is 0.880. The minimum atomic E-state index is -0.136. The lowest BCUT2D eigenvalue weighted by molar-refractivity contribution is -0.117. The molecule has 0 radical (unpaired) electrons. The van der Waals surface area contributed by atoms with Gasteiger partial charge in [0.15, 0.2) is 0 Å². The van der Waals surface area contributed by atoms with Gasteiger partial charge in [-0.2, -0.15) is 0 Å². The Morgan fingerprint density at radius 1 is 1.53 bits per heavy atom. The molecule has 1 heterocycles. The zero-order chi connectivity index (χ0) is 12.6. The molecule has 1 aliphatic rings. The molecule has 1 N–H and O–H groups in total. The normalized spacial score (nSPS) is 19.4. The summed E-state index contributed by atoms with van der Waals surface area (Å²) in [7, 11) is 0. The lowest BCUT2D eigenvalue weighted by atomic mass is 10.2. The van der Waals surface area contributed by atoms with Crippen molar-refractivity contribution in [3.63, 3.8) is 0 Å². The molecule has 90 valence electrons. The summed E-state index contributed by atoms with van der Waals surface area (Å²) in [6.45, 7) is 3.38. The van der Waals surface area contributed by atoms with E-state index < -0.39 is 0 Å². The number of benzene rings is 1. The molecule has 5 heteroatoms. The molecule has 17 heavy (non-hydrogen) atoms. The van der Waals surface area contributed by atoms with Gasteiger partial charge in [0, 0.05) is 23.9 Å². The van der Waals surface area contributed by atoms with Gasteiger partial charge in [-0.15, -0.1) is 0 Å². The predicted octanol–water partition coefficient (Wildman–Crippen LogP) is 2.53. The first kappa shape index (κ1) is 12.1. The van der Waals surface area contributed by atoms with Crippen molar-refractivity contribution in [2.75, 3.05) is 10.2 Å². The van der Waals surface area contributed by atoms with Gasteiger partial charge in [-0.3, -0.25) is 9.59 Å². The van der Waals surface area contributed by atoms with Gasteiger partial charge in [0.05, 0.1) is 11.4 Å². The molecule has 1 aliphatic heterocycles. The van der Waals surface area contributed by atoms with Crippen LogP contribution in [0.1, 0.15) is 20.3 Å². The Hall–Kier alpha value is -1.36. The van der Waals surface area contributed by atoms with Crippen molar-refractivity contribution in [1.82, 2.24) is 0 Å². The summed E-state index contributed by atoms with van der Waals surface area (Å²) in [5, 5.41) is 2.81. The van der Waals surface area contributed by atoms with Crippen LogP contribution in [-0.4, -0.2) is 17.9 Å². The van der Waals surface area contributed by atoms with Crippen LogP contribution in [-0.2, 0) is 9.59 Å². The molecule has 0 aliphatic carbocycles. The fraction of sp³-hybridized carbons (Fsp3) is 0.333. The molecule has 0 aromatic heterocycles. The number of hydrogen-bond acceptors (Lipinski definition) is 2. The number of carbonyl (C=O) groups excluding carboxylic acids is 2. The standard InChI is InChI=1S/C12H13BrN2O2/c1-7-5-12(17)14-10-4-3-9(13)6-11(10)15(7)8(2)16/h3-4,6-7H,5H2,1-2H3,(H,14,17). The predicted molar refractivity (Wildman–Crippen MR) is 70.0 cm³/mol. The maximum absolute atomic E-state index is 11.7. The fourth-order valence-corrected chi connectivity index (χ4v) is 2.44. The third-order valence-corrected chi connectivity index (χ3v) is 3.25. The van der Waals surface area contributed by atoms with Crippen molar-refractivity contribution >= 4 is 39.1 Å². The minimum Gasteiger partial charge on any atom is -0.324 e. The van der Waals surface area contributed by atoms with Crippen molar-refractivity contribution in [1.29, 1.82) is 0 Å². The summed E-state index contributed by atoms with van der Waals surface area (Å²) in [6, 6.07) is 5.35. The van der Waals surface area contributed by atoms with Crippen LogP contribution in [0, 0.1) is 0 Å². The van der Waals surface area contributed by atoms with Crippen molar-refractivity contribution < 1.29 is 9.59 Å². The molecule has 0 saturated heterocycles. The highest BCUT2D eigenvalue weighted by Gasteiger charge is 2.27. The number of fused-ring (bicyclic) bond motifs is 1. The van der Waals surface area contributed by atoms with E-state index in [0.717, 1.165) is 10.2 Å². The van der Waals surface area contributed by atoms with Crippen LogP contribution in [0.15, 0.2) is 22.7 Å². The Balaban J connectivity index is 2.57. The summed E-state index contributed by atoms with van der Waals surface area (Å²) in [4.78, 5) is 25.0. The summed E-state index contributed by atoms with van der Waals surface area (Å²) >= 11 is 3.38. The largest absolute Gasteiger partial charge is 0.324 e. The molecule has 0 saturated carbocycles. The van der Waals surface area contributed by atoms with Crippen molar-refractivity contribution in [2.45, 2.75) is 26.3 Å². The first-order chi connectivity index (χ1) is 7.99. The van der Waals surface area contributed by atoms with Crippen LogP contribution in [0.4, 0.5) is 11.4 Å². The molecule has 0 bridgehead atoms. The minimum absolute atomic E-state index is 0.0617. The van der Waals surface area contributed by atoms with Gasteiger partial charge < -0.3 is 10.2 Å². The molecule has 1 atom stereocenters. The first-order valence-corrected chi connectivity index (χ1v) is 6.17. The highest BCUT2D eigenvalue weighted by molar-refractivity contribution is 9.10. The second-order valence-electron chi connectivity index (χ2n) is 4.15. The van der Waals surface area contributed by atoms with Crippen LogP contribution >= 0.6 is 15.9 Å². The number of halogens is 1. The zero-order valence-electron chi connectivity index (χ0n) is 9.66. The number of nitrogens with one attached hydrogen (secondary N) is 1. The third kappa shape index (κ3) is 2.34. The smallest absolute Gasteiger partial charge is 0.226 e. The number of anilines is 2. The topological polar surface area (TPSA) is 49.4 Å². The molecule has 1 unspecified atom stereocenters. The van der Waals surface area contributed by atoms with Crippen LogP contribution in [0.3, 0.4) is 0 Å². The maximum atomic E-state index is 11.7. The second kappa shape index (κ2) is 4.49. The van der Waals surface area contributed by atoms with Crippen LogP contribution < -0.4 is 10.2 Å². The Kier molecular flexibility index (Phi) is 3.19. The summed E-state index contributed by atoms with van der Waals surface area (Å²) in [5.41, 5.74) is 1.42. The Morgan fingerprint density at radius 2 is 2.24 bits per heavy atom. The van der Waals surface area contributed by atoms with Gasteiger partial charge in [-0.1, -0.05) is 15.9 Å². The molecule has 0 spiro atoms. The monoisotopic (exact) mass is 296 g/mol. The molecular weight excluding hydrogens is 284 g/mol. The lowest BCUT2D eigenvalue weighted by Gasteiger charge is -2.26. The van der Waals surface area contributed by atoms with Gasteiger partial charge in [-0.25, -0.2) is 0 Å². The van der Waals surface area contributed by atoms with Gasteiger partial charge in [0.25, 0.3) is 0 Å². The Morgan fingerprint density at radius 3 is 2.88 bits per heavy atom. The molecule has 2 amide bonds. The highest BCUT2D eigenvalue weighted by Crippen LogP contribution is 2.33. The molecule has 0 fully saturated rings. The number of carbonyl (C=O) groups is 2. The molecule has 1 aromatic rings. The van der Waals surface area contributed by atoms with Crippen molar-refractivity contribution in [2.24, 2.45) is 0 Å². The number of nitrogens with zero attached hydrogens (tertiary/aromatic N) is 1. The van der Waals surface area contributed by atoms with E-state index in [1.165, 1.54) is 6.92 Å². The lowest BCUT2D eigenvalue weighted by Crippen LogP contribution is -2.37. The first-order valence-electron chi connectivity index (χ1n) is 5.38. The van der Waals surface area contributed by atoms with Crippen LogP contribution in [0.5, 0.6) is 0 Å². The Labute approximate surface area is 108 Å². The van der Waals surface area contributed by atoms with E-state index in [1.807, 2.05) is 19.1 Å². The van der Waals surface area contributed by atoms with E-state index in [4.69, 9.17) is 0 Å². The van der Waals surface area contributed by atoms with Gasteiger partial charge >= 0.3 is 0 Å². The molecule has 1 aromatic carbocycles. The Bertz CT molecular complexity index is 487. The fourth-order valence-electron chi connectivity index (χ4n) is 2.09. The van der Waals surface area contributed by atoms with Crippen molar-refractivity contribution in [3.8, 4) is 0 Å². The number of hydrogen-bond donors (Lipinski definition) is 1. The molecular formula is C12H13BrN2O2. The van der Waals surface area contributed by atoms with Crippen LogP contribution in [0.2, 0.25) is 0 Å². The van der Waals surface area contributed by atoms with Gasteiger partial charge in [-0.05, 0) is 25.1 Å². The zero-order valence-corrected chi connectivity index (χ0v) is 11.2. The molecule has 2 rings (SSSR count). The average molecular weight is 297 g/mol. The summed E-state index contributed by atoms with van der Waals surface area (Å²) in [5.74, 6) is -0.127.